The lowest BCUT2D eigenvalue weighted by molar-refractivity contribution is 1.31. The van der Waals surface area contributed by atoms with E-state index in [4.69, 9.17) is 10.8 Å². The minimum atomic E-state index is 0.615. The highest BCUT2D eigenvalue weighted by atomic mass is 14.4. The molecule has 2 aliphatic rings. The highest BCUT2D eigenvalue weighted by Gasteiger charge is 2.15. The van der Waals surface area contributed by atoms with E-state index in [1.165, 1.54) is 0 Å². The summed E-state index contributed by atoms with van der Waals surface area (Å²) in [6.07, 6.45) is 8.20. The van der Waals surface area contributed by atoms with Crippen LogP contribution in [0.4, 0.5) is 0 Å². The van der Waals surface area contributed by atoms with Crippen molar-refractivity contribution in [3.63, 3.8) is 0 Å². The van der Waals surface area contributed by atoms with Crippen LogP contribution in [0.25, 0.3) is 0 Å². The minimum Gasteiger partial charge on any atom is -0.300 e. The lowest BCUT2D eigenvalue weighted by atomic mass is 9.88. The Morgan fingerprint density at radius 2 is 0.778 bits per heavy atom. The summed E-state index contributed by atoms with van der Waals surface area (Å²) in [5.74, 6) is 0. The minimum absolute atomic E-state index is 0.615. The summed E-state index contributed by atoms with van der Waals surface area (Å²) in [7, 11) is 0. The van der Waals surface area contributed by atoms with Crippen LogP contribution >= 0.6 is 0 Å². The fraction of sp³-hybridized carbons (Fsp3) is 0.250. The second kappa shape index (κ2) is 4.37. The molecule has 0 saturated heterocycles. The molecule has 18 heavy (non-hydrogen) atoms. The third-order valence-corrected chi connectivity index (χ3v) is 3.40. The molecular weight excluding hydrogens is 220 g/mol. The third kappa shape index (κ3) is 2.06. The molecule has 0 heterocycles. The molecule has 0 aromatic carbocycles. The van der Waals surface area contributed by atoms with E-state index in [1.807, 2.05) is 52.0 Å². The van der Waals surface area contributed by atoms with E-state index in [-0.39, 0.29) is 0 Å². The van der Waals surface area contributed by atoms with Gasteiger partial charge in [0.2, 0.25) is 0 Å². The zero-order chi connectivity index (χ0) is 13.4. The SMILES string of the molecule is CC1=CC(=C2C=C(C)C(=N)C(C)=C2)C=C(C)C1=N. The van der Waals surface area contributed by atoms with Crippen LogP contribution in [0, 0.1) is 10.8 Å². The molecule has 0 aliphatic heterocycles. The third-order valence-electron chi connectivity index (χ3n) is 3.40. The smallest absolute Gasteiger partial charge is 0.0598 e. The van der Waals surface area contributed by atoms with Crippen LogP contribution in [0.5, 0.6) is 0 Å². The van der Waals surface area contributed by atoms with Crippen LogP contribution in [0.3, 0.4) is 0 Å². The molecule has 0 aromatic rings. The Morgan fingerprint density at radius 1 is 0.556 bits per heavy atom. The summed E-state index contributed by atoms with van der Waals surface area (Å²) >= 11 is 0. The number of allylic oxidation sites excluding steroid dienone is 10. The fourth-order valence-corrected chi connectivity index (χ4v) is 2.26. The Balaban J connectivity index is 2.58. The average Bonchev–Trinajstić information content (AvgIpc) is 2.31. The molecule has 0 unspecified atom stereocenters. The summed E-state index contributed by atoms with van der Waals surface area (Å²) in [6, 6.07) is 0. The second-order valence-corrected chi connectivity index (χ2v) is 4.97. The standard InChI is InChI=1S/C16H18N2/c1-9-5-13(6-10(2)15(9)17)14-7-11(3)16(18)12(4)8-14/h5-8,17-18H,1-4H3. The summed E-state index contributed by atoms with van der Waals surface area (Å²) in [6.45, 7) is 7.88. The summed E-state index contributed by atoms with van der Waals surface area (Å²) < 4.78 is 0. The Hall–Kier alpha value is -1.96. The maximum absolute atomic E-state index is 7.89. The predicted octanol–water partition coefficient (Wildman–Crippen LogP) is 4.13. The predicted molar refractivity (Wildman–Crippen MR) is 77.5 cm³/mol. The Kier molecular flexibility index (Phi) is 3.04. The maximum atomic E-state index is 7.89. The molecular formula is C16H18N2. The molecule has 0 saturated carbocycles. The van der Waals surface area contributed by atoms with Crippen molar-refractivity contribution in [1.29, 1.82) is 10.8 Å². The maximum Gasteiger partial charge on any atom is 0.0598 e. The van der Waals surface area contributed by atoms with Gasteiger partial charge in [-0.2, -0.15) is 0 Å². The normalized spacial score (nSPS) is 20.4. The van der Waals surface area contributed by atoms with Crippen molar-refractivity contribution in [2.75, 3.05) is 0 Å². The molecule has 2 nitrogen and oxygen atoms in total. The van der Waals surface area contributed by atoms with Crippen LogP contribution in [0.15, 0.2) is 57.7 Å². The molecule has 0 radical (unpaired) electrons. The first-order chi connectivity index (χ1) is 8.40. The molecule has 0 bridgehead atoms. The van der Waals surface area contributed by atoms with E-state index in [0.29, 0.717) is 11.4 Å². The summed E-state index contributed by atoms with van der Waals surface area (Å²) in [5.41, 5.74) is 7.48. The highest BCUT2D eigenvalue weighted by molar-refractivity contribution is 6.13. The highest BCUT2D eigenvalue weighted by Crippen LogP contribution is 2.27. The van der Waals surface area contributed by atoms with Crippen molar-refractivity contribution in [2.45, 2.75) is 27.7 Å². The van der Waals surface area contributed by atoms with Crippen molar-refractivity contribution >= 4 is 11.4 Å². The molecule has 0 atom stereocenters. The quantitative estimate of drug-likeness (QED) is 0.637. The molecule has 2 heteroatoms. The van der Waals surface area contributed by atoms with Gasteiger partial charge in [0.25, 0.3) is 0 Å². The first kappa shape index (κ1) is 12.5. The van der Waals surface area contributed by atoms with E-state index in [2.05, 4.69) is 0 Å². The first-order valence-corrected chi connectivity index (χ1v) is 6.06. The molecule has 0 spiro atoms. The Morgan fingerprint density at radius 3 is 1.00 bits per heavy atom. The van der Waals surface area contributed by atoms with E-state index in [1.54, 1.807) is 0 Å². The van der Waals surface area contributed by atoms with Gasteiger partial charge in [0.05, 0.1) is 11.4 Å². The molecule has 92 valence electrons. The van der Waals surface area contributed by atoms with Gasteiger partial charge in [0.1, 0.15) is 0 Å². The molecule has 0 aromatic heterocycles. The van der Waals surface area contributed by atoms with Gasteiger partial charge < -0.3 is 10.8 Å². The lowest BCUT2D eigenvalue weighted by Crippen LogP contribution is -2.09. The fourth-order valence-electron chi connectivity index (χ4n) is 2.26. The van der Waals surface area contributed by atoms with E-state index in [9.17, 15) is 0 Å². The van der Waals surface area contributed by atoms with Gasteiger partial charge >= 0.3 is 0 Å². The van der Waals surface area contributed by atoms with Gasteiger partial charge in [0.15, 0.2) is 0 Å². The van der Waals surface area contributed by atoms with Crippen LogP contribution in [0.1, 0.15) is 27.7 Å². The summed E-state index contributed by atoms with van der Waals surface area (Å²) in [5, 5.41) is 15.8. The van der Waals surface area contributed by atoms with Crippen molar-refractivity contribution in [3.8, 4) is 0 Å². The second-order valence-electron chi connectivity index (χ2n) is 4.97. The van der Waals surface area contributed by atoms with Gasteiger partial charge in [-0.15, -0.1) is 0 Å². The van der Waals surface area contributed by atoms with E-state index < -0.39 is 0 Å². The molecule has 2 N–H and O–H groups in total. The van der Waals surface area contributed by atoms with Gasteiger partial charge in [-0.05, 0) is 85.4 Å². The molecule has 0 fully saturated rings. The average molecular weight is 238 g/mol. The first-order valence-electron chi connectivity index (χ1n) is 6.06. The zero-order valence-electron chi connectivity index (χ0n) is 11.3. The number of hydrogen-bond acceptors (Lipinski definition) is 2. The largest absolute Gasteiger partial charge is 0.300 e. The Bertz CT molecular complexity index is 503. The number of nitrogens with one attached hydrogen (secondary N) is 2. The molecule has 2 rings (SSSR count). The van der Waals surface area contributed by atoms with Crippen molar-refractivity contribution in [3.05, 3.63) is 57.7 Å². The van der Waals surface area contributed by atoms with Crippen molar-refractivity contribution in [2.24, 2.45) is 0 Å². The number of hydrogen-bond donors (Lipinski definition) is 2. The van der Waals surface area contributed by atoms with Gasteiger partial charge in [-0.25, -0.2) is 0 Å². The van der Waals surface area contributed by atoms with Crippen LogP contribution < -0.4 is 0 Å². The van der Waals surface area contributed by atoms with Gasteiger partial charge in [-0.1, -0.05) is 0 Å². The van der Waals surface area contributed by atoms with Crippen LogP contribution in [-0.4, -0.2) is 11.4 Å². The van der Waals surface area contributed by atoms with Crippen molar-refractivity contribution in [1.82, 2.24) is 0 Å². The van der Waals surface area contributed by atoms with Gasteiger partial charge in [0, 0.05) is 0 Å². The summed E-state index contributed by atoms with van der Waals surface area (Å²) in [4.78, 5) is 0. The van der Waals surface area contributed by atoms with Crippen LogP contribution in [0.2, 0.25) is 0 Å². The topological polar surface area (TPSA) is 47.7 Å². The van der Waals surface area contributed by atoms with E-state index >= 15 is 0 Å². The van der Waals surface area contributed by atoms with Crippen LogP contribution in [-0.2, 0) is 0 Å². The molecule has 0 amide bonds. The van der Waals surface area contributed by atoms with Gasteiger partial charge in [-0.3, -0.25) is 0 Å². The monoisotopic (exact) mass is 238 g/mol. The Labute approximate surface area is 108 Å². The van der Waals surface area contributed by atoms with Crippen molar-refractivity contribution < 1.29 is 0 Å². The zero-order valence-corrected chi connectivity index (χ0v) is 11.3. The molecule has 2 aliphatic carbocycles. The lowest BCUT2D eigenvalue weighted by Gasteiger charge is -2.17. The number of rotatable bonds is 0. The van der Waals surface area contributed by atoms with E-state index in [0.717, 1.165) is 33.4 Å².